The molecular weight excluding hydrogens is 279 g/mol. The van der Waals surface area contributed by atoms with Crippen LogP contribution in [0.2, 0.25) is 0 Å². The normalized spacial score (nSPS) is 11.4. The number of aromatic nitrogens is 2. The minimum Gasteiger partial charge on any atom is -0.390 e. The Morgan fingerprint density at radius 3 is 2.59 bits per heavy atom. The molecule has 0 aliphatic rings. The molecule has 4 rings (SSSR count). The Morgan fingerprint density at radius 1 is 1.00 bits per heavy atom. The largest absolute Gasteiger partial charge is 0.390 e. The first-order valence-electron chi connectivity index (χ1n) is 7.04. The zero-order valence-electron chi connectivity index (χ0n) is 11.7. The third kappa shape index (κ3) is 1.89. The first-order valence-corrected chi connectivity index (χ1v) is 7.04. The van der Waals surface area contributed by atoms with Gasteiger partial charge in [0.1, 0.15) is 5.82 Å². The van der Waals surface area contributed by atoms with Crippen molar-refractivity contribution < 1.29 is 9.50 Å². The smallest absolute Gasteiger partial charge is 0.132 e. The molecule has 3 nitrogen and oxygen atoms in total. The van der Waals surface area contributed by atoms with Crippen molar-refractivity contribution >= 4 is 21.8 Å². The lowest BCUT2D eigenvalue weighted by atomic mass is 10.1. The molecule has 0 bridgehead atoms. The van der Waals surface area contributed by atoms with Crippen LogP contribution in [-0.4, -0.2) is 15.1 Å². The molecule has 0 amide bonds. The van der Waals surface area contributed by atoms with Crippen LogP contribution in [0.4, 0.5) is 4.39 Å². The van der Waals surface area contributed by atoms with Crippen LogP contribution in [0.1, 0.15) is 5.69 Å². The molecule has 0 saturated carbocycles. The minimum atomic E-state index is -0.329. The molecule has 0 aliphatic carbocycles. The highest BCUT2D eigenvalue weighted by molar-refractivity contribution is 6.11. The number of rotatable bonds is 2. The van der Waals surface area contributed by atoms with E-state index >= 15 is 0 Å². The molecule has 0 spiro atoms. The Balaban J connectivity index is 2.15. The summed E-state index contributed by atoms with van der Waals surface area (Å²) in [7, 11) is 0. The number of nitrogens with one attached hydrogen (secondary N) is 1. The Bertz CT molecular complexity index is 991. The van der Waals surface area contributed by atoms with Crippen LogP contribution in [0.5, 0.6) is 0 Å². The standard InChI is InChI=1S/C18H13FN2O/c19-15-7-3-1-6-13(15)17-18-14(9-11(10-22)20-17)12-5-2-4-8-16(12)21-18/h1-9,21-22H,10H2. The van der Waals surface area contributed by atoms with E-state index in [1.807, 2.05) is 30.3 Å². The average molecular weight is 292 g/mol. The van der Waals surface area contributed by atoms with Crippen molar-refractivity contribution in [1.29, 1.82) is 0 Å². The van der Waals surface area contributed by atoms with Gasteiger partial charge >= 0.3 is 0 Å². The van der Waals surface area contributed by atoms with Crippen LogP contribution >= 0.6 is 0 Å². The van der Waals surface area contributed by atoms with Gasteiger partial charge in [-0.3, -0.25) is 0 Å². The lowest BCUT2D eigenvalue weighted by Gasteiger charge is -2.07. The van der Waals surface area contributed by atoms with Gasteiger partial charge in [0, 0.05) is 21.9 Å². The van der Waals surface area contributed by atoms with Crippen LogP contribution in [-0.2, 0) is 6.61 Å². The highest BCUT2D eigenvalue weighted by Crippen LogP contribution is 2.33. The van der Waals surface area contributed by atoms with E-state index in [0.717, 1.165) is 21.8 Å². The number of hydrogen-bond donors (Lipinski definition) is 2. The molecule has 22 heavy (non-hydrogen) atoms. The van der Waals surface area contributed by atoms with Crippen LogP contribution < -0.4 is 0 Å². The Morgan fingerprint density at radius 2 is 1.77 bits per heavy atom. The Labute approximate surface area is 126 Å². The average Bonchev–Trinajstić information content (AvgIpc) is 2.93. The van der Waals surface area contributed by atoms with E-state index in [2.05, 4.69) is 9.97 Å². The van der Waals surface area contributed by atoms with Gasteiger partial charge in [-0.25, -0.2) is 9.37 Å². The van der Waals surface area contributed by atoms with Gasteiger partial charge in [-0.2, -0.15) is 0 Å². The van der Waals surface area contributed by atoms with Crippen molar-refractivity contribution in [1.82, 2.24) is 9.97 Å². The summed E-state index contributed by atoms with van der Waals surface area (Å²) in [5, 5.41) is 11.5. The number of aliphatic hydroxyl groups is 1. The summed E-state index contributed by atoms with van der Waals surface area (Å²) in [4.78, 5) is 7.74. The van der Waals surface area contributed by atoms with E-state index in [1.165, 1.54) is 6.07 Å². The van der Waals surface area contributed by atoms with Crippen molar-refractivity contribution in [2.75, 3.05) is 0 Å². The molecule has 0 fully saturated rings. The van der Waals surface area contributed by atoms with Gasteiger partial charge in [0.15, 0.2) is 0 Å². The van der Waals surface area contributed by atoms with Gasteiger partial charge in [-0.1, -0.05) is 30.3 Å². The number of aliphatic hydroxyl groups excluding tert-OH is 1. The van der Waals surface area contributed by atoms with E-state index in [-0.39, 0.29) is 12.4 Å². The summed E-state index contributed by atoms with van der Waals surface area (Å²) in [5.74, 6) is -0.329. The topological polar surface area (TPSA) is 48.9 Å². The molecule has 4 heteroatoms. The highest BCUT2D eigenvalue weighted by Gasteiger charge is 2.15. The number of halogens is 1. The maximum absolute atomic E-state index is 14.2. The van der Waals surface area contributed by atoms with Crippen LogP contribution in [0, 0.1) is 5.82 Å². The number of hydrogen-bond acceptors (Lipinski definition) is 2. The third-order valence-electron chi connectivity index (χ3n) is 3.84. The van der Waals surface area contributed by atoms with E-state index in [0.29, 0.717) is 17.0 Å². The number of para-hydroxylation sites is 1. The molecule has 2 aromatic carbocycles. The number of pyridine rings is 1. The van der Waals surface area contributed by atoms with E-state index in [1.54, 1.807) is 18.2 Å². The fourth-order valence-corrected chi connectivity index (χ4v) is 2.83. The Hall–Kier alpha value is -2.72. The maximum atomic E-state index is 14.2. The van der Waals surface area contributed by atoms with Gasteiger partial charge < -0.3 is 10.1 Å². The van der Waals surface area contributed by atoms with Crippen molar-refractivity contribution in [2.24, 2.45) is 0 Å². The van der Waals surface area contributed by atoms with Gasteiger partial charge in [0.05, 0.1) is 23.5 Å². The summed E-state index contributed by atoms with van der Waals surface area (Å²) in [6, 6.07) is 16.3. The fraction of sp³-hybridized carbons (Fsp3) is 0.0556. The van der Waals surface area contributed by atoms with Gasteiger partial charge in [-0.05, 0) is 24.3 Å². The first kappa shape index (κ1) is 13.0. The van der Waals surface area contributed by atoms with E-state index in [9.17, 15) is 9.50 Å². The number of aromatic amines is 1. The number of benzene rings is 2. The zero-order chi connectivity index (χ0) is 15.1. The molecule has 0 unspecified atom stereocenters. The lowest BCUT2D eigenvalue weighted by Crippen LogP contribution is -1.95. The molecule has 4 aromatic rings. The van der Waals surface area contributed by atoms with Crippen molar-refractivity contribution in [3.05, 3.63) is 66.1 Å². The first-order chi connectivity index (χ1) is 10.8. The summed E-state index contributed by atoms with van der Waals surface area (Å²) < 4.78 is 14.2. The molecular formula is C18H13FN2O. The molecule has 2 heterocycles. The van der Waals surface area contributed by atoms with Crippen molar-refractivity contribution in [3.8, 4) is 11.3 Å². The van der Waals surface area contributed by atoms with Crippen molar-refractivity contribution in [3.63, 3.8) is 0 Å². The molecule has 0 atom stereocenters. The second kappa shape index (κ2) is 4.93. The fourth-order valence-electron chi connectivity index (χ4n) is 2.83. The molecule has 2 aromatic heterocycles. The molecule has 0 aliphatic heterocycles. The van der Waals surface area contributed by atoms with Crippen LogP contribution in [0.25, 0.3) is 33.1 Å². The minimum absolute atomic E-state index is 0.184. The number of fused-ring (bicyclic) bond motifs is 3. The van der Waals surface area contributed by atoms with E-state index in [4.69, 9.17) is 0 Å². The summed E-state index contributed by atoms with van der Waals surface area (Å²) in [5.41, 5.74) is 3.22. The second-order valence-electron chi connectivity index (χ2n) is 5.19. The predicted molar refractivity (Wildman–Crippen MR) is 84.9 cm³/mol. The number of H-pyrrole nitrogens is 1. The SMILES string of the molecule is OCc1cc2c([nH]c3ccccc32)c(-c2ccccc2F)n1. The quantitative estimate of drug-likeness (QED) is 0.586. The second-order valence-corrected chi connectivity index (χ2v) is 5.19. The predicted octanol–water partition coefficient (Wildman–Crippen LogP) is 4.01. The monoisotopic (exact) mass is 292 g/mol. The summed E-state index contributed by atoms with van der Waals surface area (Å²) in [6.45, 7) is -0.184. The summed E-state index contributed by atoms with van der Waals surface area (Å²) >= 11 is 0. The maximum Gasteiger partial charge on any atom is 0.132 e. The van der Waals surface area contributed by atoms with Gasteiger partial charge in [-0.15, -0.1) is 0 Å². The molecule has 0 radical (unpaired) electrons. The third-order valence-corrected chi connectivity index (χ3v) is 3.84. The molecule has 0 saturated heterocycles. The number of nitrogens with zero attached hydrogens (tertiary/aromatic N) is 1. The zero-order valence-corrected chi connectivity index (χ0v) is 11.7. The highest BCUT2D eigenvalue weighted by atomic mass is 19.1. The van der Waals surface area contributed by atoms with Gasteiger partial charge in [0.2, 0.25) is 0 Å². The lowest BCUT2D eigenvalue weighted by molar-refractivity contribution is 0.277. The molecule has 108 valence electrons. The molecule has 2 N–H and O–H groups in total. The van der Waals surface area contributed by atoms with E-state index < -0.39 is 0 Å². The van der Waals surface area contributed by atoms with Gasteiger partial charge in [0.25, 0.3) is 0 Å². The summed E-state index contributed by atoms with van der Waals surface area (Å²) in [6.07, 6.45) is 0. The van der Waals surface area contributed by atoms with Crippen LogP contribution in [0.15, 0.2) is 54.6 Å². The Kier molecular flexibility index (Phi) is 2.91. The van der Waals surface area contributed by atoms with Crippen LogP contribution in [0.3, 0.4) is 0 Å². The van der Waals surface area contributed by atoms with Crippen molar-refractivity contribution in [2.45, 2.75) is 6.61 Å².